The number of nitrogens with one attached hydrogen (secondary N) is 4. The van der Waals surface area contributed by atoms with Crippen molar-refractivity contribution in [3.63, 3.8) is 0 Å². The summed E-state index contributed by atoms with van der Waals surface area (Å²) in [5, 5.41) is 23.8. The van der Waals surface area contributed by atoms with E-state index in [9.17, 15) is 52.8 Å². The van der Waals surface area contributed by atoms with Crippen molar-refractivity contribution in [2.45, 2.75) is 154 Å². The highest BCUT2D eigenvalue weighted by atomic mass is 32.2. The van der Waals surface area contributed by atoms with E-state index in [1.807, 2.05) is 67.5 Å². The van der Waals surface area contributed by atoms with Crippen molar-refractivity contribution in [3.05, 3.63) is 39.8 Å². The fourth-order valence-corrected chi connectivity index (χ4v) is 15.6. The van der Waals surface area contributed by atoms with Crippen molar-refractivity contribution in [2.24, 2.45) is 17.8 Å². The quantitative estimate of drug-likeness (QED) is 0.0190. The Morgan fingerprint density at radius 3 is 2.19 bits per heavy atom. The van der Waals surface area contributed by atoms with E-state index >= 15 is 0 Å². The summed E-state index contributed by atoms with van der Waals surface area (Å²) in [6.45, 7) is 15.9. The second-order valence-corrected chi connectivity index (χ2v) is 29.2. The third-order valence-corrected chi connectivity index (χ3v) is 22.0. The number of aromatic nitrogens is 1. The van der Waals surface area contributed by atoms with Crippen LogP contribution < -0.4 is 20.8 Å². The van der Waals surface area contributed by atoms with E-state index < -0.39 is 59.3 Å². The summed E-state index contributed by atoms with van der Waals surface area (Å²) in [5.74, 6) is -3.64. The molecule has 1 aromatic carbocycles. The van der Waals surface area contributed by atoms with Gasteiger partial charge in [0.2, 0.25) is 42.9 Å². The van der Waals surface area contributed by atoms with Crippen LogP contribution in [0.25, 0.3) is 0 Å². The van der Waals surface area contributed by atoms with Gasteiger partial charge in [-0.25, -0.2) is 4.98 Å². The number of carbonyl (C=O) groups is 9. The number of phenolic OH excluding ortho intramolecular Hbond substituents is 1. The van der Waals surface area contributed by atoms with Crippen LogP contribution in [0, 0.1) is 17.8 Å². The Bertz CT molecular complexity index is 2660. The van der Waals surface area contributed by atoms with E-state index in [1.165, 1.54) is 57.7 Å². The first kappa shape index (κ1) is 71.0. The number of ether oxygens (including phenoxy) is 3. The fraction of sp³-hybridized carbons (Fsp3) is 0.690. The standard InChI is InChI=1S/C58H90N9O14PS3/c1-12-15-40(61-53(74)43-34-83-54(63-43)46(81-38(6)68)31-44(36(3)4)65(11)55(75)41(37(5)13-2)30-49(70)58(7,8)64(9)10)28-39-16-17-45(69)42(29-39)62-50(71)18-23-79-25-26-80-24-20-60-82(78)27-14-21-66-51(72)32-47(56(66)76)84-35-85-48-33-52(73)67(57(48)77)22-19-59-82/h16-17,29,34,36-37,40-41,44,46-48,69H,12-15,18-28,30-33,35H2,1-11H3,(H,61,74)(H,62,71)(H2,59,60,78)/t37-,40+,41-,44+,46+,47?,48?,82?/m0/s1. The number of hydrogen-bond acceptors (Lipinski definition) is 19. The number of anilines is 1. The number of phenols is 1. The molecule has 4 bridgehead atoms. The molecule has 474 valence electrons. The lowest BCUT2D eigenvalue weighted by molar-refractivity contribution is -0.150. The van der Waals surface area contributed by atoms with Gasteiger partial charge in [-0.2, -0.15) is 0 Å². The molecule has 3 aliphatic heterocycles. The van der Waals surface area contributed by atoms with Crippen LogP contribution in [-0.2, 0) is 63.6 Å². The number of carbonyl (C=O) groups excluding carboxylic acids is 9. The lowest BCUT2D eigenvalue weighted by Crippen LogP contribution is -2.50. The number of amides is 7. The molecule has 0 spiro atoms. The number of esters is 1. The molecule has 4 heterocycles. The van der Waals surface area contributed by atoms with Crippen molar-refractivity contribution in [3.8, 4) is 5.75 Å². The molecule has 0 saturated carbocycles. The minimum absolute atomic E-state index is 0.0294. The zero-order chi connectivity index (χ0) is 62.8. The highest BCUT2D eigenvalue weighted by Gasteiger charge is 2.43. The Hall–Kier alpha value is -4.79. The fourth-order valence-electron chi connectivity index (χ4n) is 10.1. The molecule has 23 nitrogen and oxygen atoms in total. The molecule has 0 radical (unpaired) electrons. The minimum Gasteiger partial charge on any atom is -0.506 e. The maximum Gasteiger partial charge on any atom is 0.303 e. The van der Waals surface area contributed by atoms with Gasteiger partial charge in [0.05, 0.1) is 54.6 Å². The van der Waals surface area contributed by atoms with Crippen LogP contribution in [0.5, 0.6) is 5.75 Å². The van der Waals surface area contributed by atoms with E-state index in [4.69, 9.17) is 14.2 Å². The van der Waals surface area contributed by atoms with E-state index in [0.29, 0.717) is 29.4 Å². The number of benzene rings is 1. The van der Waals surface area contributed by atoms with Gasteiger partial charge in [0.15, 0.2) is 11.9 Å². The second-order valence-electron chi connectivity index (χ2n) is 23.0. The maximum absolute atomic E-state index is 14.4. The number of Topliss-reactive ketones (excluding diaryl/α,β-unsaturated/α-hetero) is 1. The molecule has 3 fully saturated rings. The normalized spacial score (nSPS) is 20.8. The molecule has 3 unspecified atom stereocenters. The first-order chi connectivity index (χ1) is 40.2. The molecule has 85 heavy (non-hydrogen) atoms. The van der Waals surface area contributed by atoms with E-state index in [1.54, 1.807) is 29.5 Å². The number of aromatic hydroxyl groups is 1. The second kappa shape index (κ2) is 33.5. The van der Waals surface area contributed by atoms with Crippen molar-refractivity contribution >= 4 is 101 Å². The molecule has 2 aromatic rings. The zero-order valence-corrected chi connectivity index (χ0v) is 54.6. The molecule has 0 aliphatic carbocycles. The largest absolute Gasteiger partial charge is 0.506 e. The topological polar surface area (TPSA) is 293 Å². The van der Waals surface area contributed by atoms with Crippen molar-refractivity contribution in [2.75, 3.05) is 90.3 Å². The number of ketones is 1. The highest BCUT2D eigenvalue weighted by molar-refractivity contribution is 8.17. The van der Waals surface area contributed by atoms with Gasteiger partial charge < -0.3 is 34.9 Å². The van der Waals surface area contributed by atoms with Gasteiger partial charge in [-0.3, -0.25) is 72.6 Å². The predicted octanol–water partition coefficient (Wildman–Crippen LogP) is 6.25. The SMILES string of the molecule is CCC[C@H](Cc1ccc(O)c(NC(=O)CCOCCOCCNP2(=O)CCCN3C(=O)CC(SCSC4CC(=O)N(CCN2)C4=O)C3=O)c1)NC(=O)c1csc([C@@H](C[C@H](C(C)C)N(C)C(=O)[C@@H](CC(=O)C(C)(C)N(C)C)[C@@H](C)CC)OC(C)=O)n1. The van der Waals surface area contributed by atoms with Crippen LogP contribution in [0.3, 0.4) is 0 Å². The van der Waals surface area contributed by atoms with Gasteiger partial charge in [0.1, 0.15) is 16.5 Å². The van der Waals surface area contributed by atoms with Crippen LogP contribution in [0.15, 0.2) is 23.6 Å². The van der Waals surface area contributed by atoms with Crippen LogP contribution in [-0.4, -0.2) is 196 Å². The van der Waals surface area contributed by atoms with Gasteiger partial charge >= 0.3 is 5.97 Å². The molecule has 7 amide bonds. The van der Waals surface area contributed by atoms with Gasteiger partial charge in [0, 0.05) is 100 Å². The summed E-state index contributed by atoms with van der Waals surface area (Å²) < 4.78 is 31.2. The van der Waals surface area contributed by atoms with Crippen LogP contribution in [0.1, 0.15) is 140 Å². The molecule has 8 atom stereocenters. The smallest absolute Gasteiger partial charge is 0.303 e. The minimum atomic E-state index is -3.33. The molecule has 1 aromatic heterocycles. The third kappa shape index (κ3) is 20.7. The summed E-state index contributed by atoms with van der Waals surface area (Å²) in [7, 11) is 2.09. The number of rotatable bonds is 30. The summed E-state index contributed by atoms with van der Waals surface area (Å²) in [6.07, 6.45) is 2.26. The molecule has 5 N–H and O–H groups in total. The van der Waals surface area contributed by atoms with E-state index in [0.717, 1.165) is 12.0 Å². The van der Waals surface area contributed by atoms with Gasteiger partial charge in [0.25, 0.3) is 5.91 Å². The predicted molar refractivity (Wildman–Crippen MR) is 329 cm³/mol. The first-order valence-electron chi connectivity index (χ1n) is 29.4. The van der Waals surface area contributed by atoms with Crippen LogP contribution in [0.4, 0.5) is 5.69 Å². The molecule has 27 heteroatoms. The van der Waals surface area contributed by atoms with Gasteiger partial charge in [-0.15, -0.1) is 34.9 Å². The molecule has 3 saturated heterocycles. The number of imide groups is 2. The third-order valence-electron chi connectivity index (χ3n) is 16.0. The Kier molecular flexibility index (Phi) is 28.0. The molecule has 5 rings (SSSR count). The van der Waals surface area contributed by atoms with Crippen LogP contribution >= 0.6 is 42.3 Å². The van der Waals surface area contributed by atoms with Crippen molar-refractivity contribution in [1.29, 1.82) is 0 Å². The number of fused-ring (bicyclic) bond motifs is 4. The van der Waals surface area contributed by atoms with Crippen LogP contribution in [0.2, 0.25) is 0 Å². The molecular weight excluding hydrogens is 1170 g/mol. The summed E-state index contributed by atoms with van der Waals surface area (Å²) in [5.41, 5.74) is 0.295. The summed E-state index contributed by atoms with van der Waals surface area (Å²) in [6, 6.07) is 4.07. The Labute approximate surface area is 513 Å². The lowest BCUT2D eigenvalue weighted by atomic mass is 9.81. The monoisotopic (exact) mass is 1260 g/mol. The Morgan fingerprint density at radius 2 is 1.58 bits per heavy atom. The molecule has 3 aliphatic rings. The van der Waals surface area contributed by atoms with Gasteiger partial charge in [-0.1, -0.05) is 53.5 Å². The van der Waals surface area contributed by atoms with Gasteiger partial charge in [-0.05, 0) is 76.7 Å². The average molecular weight is 1260 g/mol. The molecular formula is C58H90N9O14PS3. The number of thioether (sulfide) groups is 2. The number of nitrogens with zero attached hydrogens (tertiary/aromatic N) is 5. The summed E-state index contributed by atoms with van der Waals surface area (Å²) >= 11 is 3.77. The van der Waals surface area contributed by atoms with E-state index in [-0.39, 0.29) is 168 Å². The lowest BCUT2D eigenvalue weighted by Gasteiger charge is -2.38. The number of thiazole rings is 1. The maximum atomic E-state index is 14.4. The Morgan fingerprint density at radius 1 is 0.929 bits per heavy atom. The first-order valence-corrected chi connectivity index (χ1v) is 34.3. The van der Waals surface area contributed by atoms with E-state index in [2.05, 4.69) is 25.8 Å². The highest BCUT2D eigenvalue weighted by Crippen LogP contribution is 2.39. The zero-order valence-electron chi connectivity index (χ0n) is 51.2. The van der Waals surface area contributed by atoms with Crippen molar-refractivity contribution in [1.82, 2.24) is 40.1 Å². The van der Waals surface area contributed by atoms with Crippen molar-refractivity contribution < 1.29 is 67.0 Å². The number of hydrogen-bond donors (Lipinski definition) is 5. The summed E-state index contributed by atoms with van der Waals surface area (Å²) in [4.78, 5) is 129. The number of likely N-dealkylation sites (N-methyl/N-ethyl adjacent to an activating group) is 1. The average Bonchev–Trinajstić information content (AvgIpc) is 3.83. The Balaban J connectivity index is 1.09.